The number of carbonyl (C=O) groups excluding carboxylic acids is 4. The van der Waals surface area contributed by atoms with Crippen LogP contribution < -0.4 is 16.4 Å². The summed E-state index contributed by atoms with van der Waals surface area (Å²) in [6, 6.07) is 17.3. The summed E-state index contributed by atoms with van der Waals surface area (Å²) in [7, 11) is 1.41. The summed E-state index contributed by atoms with van der Waals surface area (Å²) in [6.45, 7) is 4.99. The van der Waals surface area contributed by atoms with E-state index in [1.54, 1.807) is 51.1 Å². The number of carbonyl (C=O) groups is 4. The zero-order valence-electron chi connectivity index (χ0n) is 22.4. The first-order valence-corrected chi connectivity index (χ1v) is 12.3. The average molecular weight is 529 g/mol. The Morgan fingerprint density at radius 3 is 2.23 bits per heavy atom. The van der Waals surface area contributed by atoms with Gasteiger partial charge in [0.2, 0.25) is 11.8 Å². The number of nitrogens with one attached hydrogen (secondary N) is 2. The third-order valence-corrected chi connectivity index (χ3v) is 5.79. The summed E-state index contributed by atoms with van der Waals surface area (Å²) in [5, 5.41) is 7.21. The number of hydrogen-bond donors (Lipinski definition) is 3. The summed E-state index contributed by atoms with van der Waals surface area (Å²) in [4.78, 5) is 52.6. The summed E-state index contributed by atoms with van der Waals surface area (Å²) < 4.78 is 5.24. The van der Waals surface area contributed by atoms with Crippen molar-refractivity contribution in [1.29, 1.82) is 0 Å². The molecule has 202 valence electrons. The van der Waals surface area contributed by atoms with E-state index < -0.39 is 47.9 Å². The molecule has 3 aromatic rings. The van der Waals surface area contributed by atoms with Gasteiger partial charge in [0, 0.05) is 18.3 Å². The van der Waals surface area contributed by atoms with Crippen molar-refractivity contribution in [3.8, 4) is 12.3 Å². The number of rotatable bonds is 8. The van der Waals surface area contributed by atoms with Crippen LogP contribution in [-0.2, 0) is 19.1 Å². The van der Waals surface area contributed by atoms with Crippen molar-refractivity contribution < 1.29 is 23.9 Å². The molecule has 9 nitrogen and oxygen atoms in total. The fraction of sp³-hybridized carbons (Fsp3) is 0.267. The van der Waals surface area contributed by atoms with Gasteiger partial charge in [-0.2, -0.15) is 0 Å². The maximum Gasteiger partial charge on any atom is 0.408 e. The SMILES string of the molecule is C#Cc1ccc(C(C(=O)Nc2ccc3ccccc3c2)N(C)C(=O)C(CC(N)=O)NC(=O)OC(C)(C)C)cc1. The number of alkyl carbamates (subject to hydrolysis) is 1. The molecule has 0 saturated carbocycles. The van der Waals surface area contributed by atoms with Crippen molar-refractivity contribution in [2.24, 2.45) is 5.73 Å². The Bertz CT molecular complexity index is 1420. The molecule has 0 aromatic heterocycles. The Morgan fingerprint density at radius 1 is 1.00 bits per heavy atom. The van der Waals surface area contributed by atoms with Crippen LogP contribution >= 0.6 is 0 Å². The maximum atomic E-state index is 13.7. The van der Waals surface area contributed by atoms with Crippen molar-refractivity contribution >= 4 is 40.3 Å². The van der Waals surface area contributed by atoms with Crippen molar-refractivity contribution in [3.05, 3.63) is 77.9 Å². The lowest BCUT2D eigenvalue weighted by Gasteiger charge is -2.31. The van der Waals surface area contributed by atoms with Crippen LogP contribution in [0.25, 0.3) is 10.8 Å². The van der Waals surface area contributed by atoms with Crippen LogP contribution in [0.5, 0.6) is 0 Å². The highest BCUT2D eigenvalue weighted by Gasteiger charge is 2.35. The predicted molar refractivity (Wildman–Crippen MR) is 149 cm³/mol. The second kappa shape index (κ2) is 12.1. The first-order valence-electron chi connectivity index (χ1n) is 12.3. The molecule has 0 saturated heterocycles. The maximum absolute atomic E-state index is 13.7. The monoisotopic (exact) mass is 528 g/mol. The fourth-order valence-electron chi connectivity index (χ4n) is 4.01. The van der Waals surface area contributed by atoms with Crippen molar-refractivity contribution in [2.75, 3.05) is 12.4 Å². The van der Waals surface area contributed by atoms with Crippen molar-refractivity contribution in [3.63, 3.8) is 0 Å². The molecule has 3 rings (SSSR count). The molecule has 3 aromatic carbocycles. The van der Waals surface area contributed by atoms with Gasteiger partial charge in [-0.05, 0) is 61.4 Å². The minimum absolute atomic E-state index is 0.471. The van der Waals surface area contributed by atoms with E-state index in [4.69, 9.17) is 16.9 Å². The van der Waals surface area contributed by atoms with E-state index in [2.05, 4.69) is 16.6 Å². The van der Waals surface area contributed by atoms with Crippen LogP contribution in [0.15, 0.2) is 66.7 Å². The lowest BCUT2D eigenvalue weighted by Crippen LogP contribution is -2.52. The molecule has 4 amide bonds. The van der Waals surface area contributed by atoms with Gasteiger partial charge < -0.3 is 26.0 Å². The Labute approximate surface area is 227 Å². The third-order valence-electron chi connectivity index (χ3n) is 5.79. The highest BCUT2D eigenvalue weighted by molar-refractivity contribution is 6.01. The van der Waals surface area contributed by atoms with Gasteiger partial charge in [0.05, 0.1) is 6.42 Å². The number of primary amides is 1. The molecule has 0 bridgehead atoms. The summed E-state index contributed by atoms with van der Waals surface area (Å²) in [6.07, 6.45) is 4.09. The number of likely N-dealkylation sites (N-methyl/N-ethyl adjacent to an activating group) is 1. The summed E-state index contributed by atoms with van der Waals surface area (Å²) >= 11 is 0. The predicted octanol–water partition coefficient (Wildman–Crippen LogP) is 3.73. The standard InChI is InChI=1S/C30H32N4O5/c1-6-19-11-13-21(14-12-19)26(27(36)32-23-16-15-20-9-7-8-10-22(20)17-23)34(5)28(37)24(18-25(31)35)33-29(38)39-30(2,3)4/h1,7-17,24,26H,18H2,2-5H3,(H2,31,35)(H,32,36)(H,33,38). The van der Waals surface area contributed by atoms with E-state index in [9.17, 15) is 19.2 Å². The summed E-state index contributed by atoms with van der Waals surface area (Å²) in [5.74, 6) is 0.487. The summed E-state index contributed by atoms with van der Waals surface area (Å²) in [5.41, 5.74) is 6.13. The van der Waals surface area contributed by atoms with E-state index in [1.165, 1.54) is 7.05 Å². The molecule has 4 N–H and O–H groups in total. The second-order valence-corrected chi connectivity index (χ2v) is 10.0. The van der Waals surface area contributed by atoms with Gasteiger partial charge in [0.25, 0.3) is 5.91 Å². The van der Waals surface area contributed by atoms with E-state index in [0.717, 1.165) is 15.7 Å². The second-order valence-electron chi connectivity index (χ2n) is 10.0. The Kier molecular flexibility index (Phi) is 8.94. The number of benzene rings is 3. The van der Waals surface area contributed by atoms with Crippen molar-refractivity contribution in [1.82, 2.24) is 10.2 Å². The van der Waals surface area contributed by atoms with Gasteiger partial charge in [0.15, 0.2) is 0 Å². The quantitative estimate of drug-likeness (QED) is 0.384. The number of hydrogen-bond acceptors (Lipinski definition) is 5. The van der Waals surface area contributed by atoms with Crippen LogP contribution in [0, 0.1) is 12.3 Å². The van der Waals surface area contributed by atoms with Gasteiger partial charge >= 0.3 is 6.09 Å². The highest BCUT2D eigenvalue weighted by Crippen LogP contribution is 2.25. The Hall–Kier alpha value is -4.84. The number of fused-ring (bicyclic) bond motifs is 1. The lowest BCUT2D eigenvalue weighted by atomic mass is 10.0. The third kappa shape index (κ3) is 7.82. The first kappa shape index (κ1) is 28.7. The largest absolute Gasteiger partial charge is 0.444 e. The van der Waals surface area contributed by atoms with E-state index in [-0.39, 0.29) is 0 Å². The molecule has 0 aliphatic rings. The average Bonchev–Trinajstić information content (AvgIpc) is 2.87. The molecule has 0 aliphatic heterocycles. The zero-order chi connectivity index (χ0) is 28.7. The number of nitrogens with two attached hydrogens (primary N) is 1. The molecular formula is C30H32N4O5. The van der Waals surface area contributed by atoms with E-state index in [1.807, 2.05) is 36.4 Å². The Balaban J connectivity index is 1.94. The van der Waals surface area contributed by atoms with E-state index >= 15 is 0 Å². The lowest BCUT2D eigenvalue weighted by molar-refractivity contribution is -0.140. The minimum Gasteiger partial charge on any atom is -0.444 e. The number of terminal acetylenes is 1. The minimum atomic E-state index is -1.36. The molecule has 39 heavy (non-hydrogen) atoms. The van der Waals surface area contributed by atoms with Crippen LogP contribution in [-0.4, -0.2) is 47.4 Å². The zero-order valence-corrected chi connectivity index (χ0v) is 22.4. The Morgan fingerprint density at radius 2 is 1.64 bits per heavy atom. The van der Waals surface area contributed by atoms with Crippen molar-refractivity contribution in [2.45, 2.75) is 44.9 Å². The van der Waals surface area contributed by atoms with Gasteiger partial charge in [-0.25, -0.2) is 4.79 Å². The van der Waals surface area contributed by atoms with Crippen LogP contribution in [0.3, 0.4) is 0 Å². The van der Waals surface area contributed by atoms with Crippen LogP contribution in [0.1, 0.15) is 44.4 Å². The molecule has 0 aliphatic carbocycles. The highest BCUT2D eigenvalue weighted by atomic mass is 16.6. The van der Waals surface area contributed by atoms with Crippen LogP contribution in [0.4, 0.5) is 10.5 Å². The molecule has 9 heteroatoms. The molecule has 2 unspecified atom stereocenters. The van der Waals surface area contributed by atoms with Crippen LogP contribution in [0.2, 0.25) is 0 Å². The number of amides is 4. The van der Waals surface area contributed by atoms with E-state index in [0.29, 0.717) is 16.8 Å². The van der Waals surface area contributed by atoms with Gasteiger partial charge in [-0.15, -0.1) is 6.42 Å². The molecule has 0 fully saturated rings. The smallest absolute Gasteiger partial charge is 0.408 e. The topological polar surface area (TPSA) is 131 Å². The number of ether oxygens (including phenoxy) is 1. The molecule has 2 atom stereocenters. The fourth-order valence-corrected chi connectivity index (χ4v) is 4.01. The van der Waals surface area contributed by atoms with Gasteiger partial charge in [0.1, 0.15) is 17.7 Å². The molecule has 0 heterocycles. The van der Waals surface area contributed by atoms with Gasteiger partial charge in [-0.1, -0.05) is 48.4 Å². The normalized spacial score (nSPS) is 12.5. The number of nitrogens with zero attached hydrogens (tertiary/aromatic N) is 1. The molecule has 0 radical (unpaired) electrons. The van der Waals surface area contributed by atoms with Gasteiger partial charge in [-0.3, -0.25) is 14.4 Å². The first-order chi connectivity index (χ1) is 18.4. The molecule has 0 spiro atoms. The number of anilines is 1. The molecular weight excluding hydrogens is 496 g/mol.